The molecule has 0 spiro atoms. The van der Waals surface area contributed by atoms with Crippen molar-refractivity contribution in [2.24, 2.45) is 0 Å². The van der Waals surface area contributed by atoms with E-state index in [-0.39, 0.29) is 5.97 Å². The van der Waals surface area contributed by atoms with Gasteiger partial charge in [0.05, 0.1) is 7.11 Å². The summed E-state index contributed by atoms with van der Waals surface area (Å²) >= 11 is 0. The van der Waals surface area contributed by atoms with Crippen LogP contribution in [0.4, 0.5) is 0 Å². The number of rotatable bonds is 9. The molecule has 0 heterocycles. The fourth-order valence-corrected chi connectivity index (χ4v) is 3.36. The summed E-state index contributed by atoms with van der Waals surface area (Å²) in [6, 6.07) is 0.512. The molecule has 0 aromatic rings. The number of nitrogens with one attached hydrogen (secondary N) is 1. The first-order valence-corrected chi connectivity index (χ1v) is 8.21. The van der Waals surface area contributed by atoms with Crippen LogP contribution in [0.25, 0.3) is 0 Å². The molecule has 0 bridgehead atoms. The maximum Gasteiger partial charge on any atom is 0.326 e. The van der Waals surface area contributed by atoms with Gasteiger partial charge < -0.3 is 15.0 Å². The predicted molar refractivity (Wildman–Crippen MR) is 82.8 cm³/mol. The van der Waals surface area contributed by atoms with E-state index < -0.39 is 5.54 Å². The first kappa shape index (κ1) is 17.4. The fourth-order valence-electron chi connectivity index (χ4n) is 3.36. The summed E-state index contributed by atoms with van der Waals surface area (Å²) in [6.07, 6.45) is 6.25. The number of esters is 1. The van der Waals surface area contributed by atoms with Crippen LogP contribution in [0.2, 0.25) is 0 Å². The van der Waals surface area contributed by atoms with E-state index in [9.17, 15) is 4.79 Å². The van der Waals surface area contributed by atoms with Crippen LogP contribution in [0.15, 0.2) is 0 Å². The summed E-state index contributed by atoms with van der Waals surface area (Å²) < 4.78 is 5.06. The van der Waals surface area contributed by atoms with Crippen LogP contribution >= 0.6 is 0 Å². The highest BCUT2D eigenvalue weighted by Crippen LogP contribution is 2.34. The van der Waals surface area contributed by atoms with E-state index in [2.05, 4.69) is 31.0 Å². The third kappa shape index (κ3) is 4.19. The highest BCUT2D eigenvalue weighted by Gasteiger charge is 2.47. The quantitative estimate of drug-likeness (QED) is 0.661. The zero-order valence-electron chi connectivity index (χ0n) is 13.7. The Morgan fingerprint density at radius 3 is 2.40 bits per heavy atom. The number of hydrogen-bond acceptors (Lipinski definition) is 4. The van der Waals surface area contributed by atoms with Crippen molar-refractivity contribution in [3.8, 4) is 0 Å². The molecule has 2 atom stereocenters. The van der Waals surface area contributed by atoms with Crippen LogP contribution in [0.3, 0.4) is 0 Å². The van der Waals surface area contributed by atoms with E-state index in [4.69, 9.17) is 4.74 Å². The SMILES string of the molecule is CCCNC1(C(=O)OC)CCC(N(CCC)CCC)C1. The molecule has 118 valence electrons. The van der Waals surface area contributed by atoms with Crippen molar-refractivity contribution in [3.63, 3.8) is 0 Å². The minimum absolute atomic E-state index is 0.0820. The molecule has 0 saturated heterocycles. The molecule has 0 amide bonds. The predicted octanol–water partition coefficient (Wildman–Crippen LogP) is 2.57. The lowest BCUT2D eigenvalue weighted by molar-refractivity contribution is -0.148. The number of carbonyl (C=O) groups is 1. The zero-order chi connectivity index (χ0) is 15.0. The Balaban J connectivity index is 2.73. The van der Waals surface area contributed by atoms with Crippen molar-refractivity contribution in [2.75, 3.05) is 26.7 Å². The Kier molecular flexibility index (Phi) is 7.52. The van der Waals surface area contributed by atoms with Crippen LogP contribution in [0, 0.1) is 0 Å². The highest BCUT2D eigenvalue weighted by atomic mass is 16.5. The van der Waals surface area contributed by atoms with Crippen molar-refractivity contribution in [1.82, 2.24) is 10.2 Å². The average Bonchev–Trinajstić information content (AvgIpc) is 2.89. The Hall–Kier alpha value is -0.610. The van der Waals surface area contributed by atoms with Gasteiger partial charge in [-0.3, -0.25) is 4.79 Å². The molecule has 4 nitrogen and oxygen atoms in total. The lowest BCUT2D eigenvalue weighted by Crippen LogP contribution is -2.52. The van der Waals surface area contributed by atoms with Crippen LogP contribution < -0.4 is 5.32 Å². The van der Waals surface area contributed by atoms with Gasteiger partial charge >= 0.3 is 5.97 Å². The molecule has 1 N–H and O–H groups in total. The van der Waals surface area contributed by atoms with Crippen molar-refractivity contribution >= 4 is 5.97 Å². The van der Waals surface area contributed by atoms with Crippen molar-refractivity contribution in [1.29, 1.82) is 0 Å². The molecule has 20 heavy (non-hydrogen) atoms. The lowest BCUT2D eigenvalue weighted by atomic mass is 9.96. The molecular weight excluding hydrogens is 252 g/mol. The maximum absolute atomic E-state index is 12.2. The molecule has 1 aliphatic carbocycles. The minimum Gasteiger partial charge on any atom is -0.468 e. The first-order chi connectivity index (χ1) is 9.63. The molecule has 4 heteroatoms. The van der Waals surface area contributed by atoms with Gasteiger partial charge in [-0.05, 0) is 58.2 Å². The van der Waals surface area contributed by atoms with Gasteiger partial charge in [-0.25, -0.2) is 0 Å². The second kappa shape index (κ2) is 8.63. The van der Waals surface area contributed by atoms with Gasteiger partial charge in [0.2, 0.25) is 0 Å². The first-order valence-electron chi connectivity index (χ1n) is 8.21. The van der Waals surface area contributed by atoms with E-state index in [1.165, 1.54) is 20.0 Å². The van der Waals surface area contributed by atoms with Crippen LogP contribution in [0.1, 0.15) is 59.3 Å². The fraction of sp³-hybridized carbons (Fsp3) is 0.938. The standard InChI is InChI=1S/C16H32N2O2/c1-5-10-17-16(15(19)20-4)9-8-14(13-16)18(11-6-2)12-7-3/h14,17H,5-13H2,1-4H3. The number of hydrogen-bond donors (Lipinski definition) is 1. The number of methoxy groups -OCH3 is 1. The molecule has 0 aromatic carbocycles. The third-order valence-electron chi connectivity index (χ3n) is 4.32. The van der Waals surface area contributed by atoms with E-state index in [0.717, 1.165) is 45.3 Å². The van der Waals surface area contributed by atoms with Gasteiger partial charge in [-0.15, -0.1) is 0 Å². The summed E-state index contributed by atoms with van der Waals surface area (Å²) in [5.74, 6) is -0.0820. The van der Waals surface area contributed by atoms with Crippen molar-refractivity contribution < 1.29 is 9.53 Å². The Morgan fingerprint density at radius 2 is 1.90 bits per heavy atom. The average molecular weight is 284 g/mol. The summed E-state index contributed by atoms with van der Waals surface area (Å²) in [7, 11) is 1.50. The molecule has 0 aromatic heterocycles. The van der Waals surface area contributed by atoms with Gasteiger partial charge in [0.15, 0.2) is 0 Å². The summed E-state index contributed by atoms with van der Waals surface area (Å²) in [4.78, 5) is 14.8. The van der Waals surface area contributed by atoms with Crippen molar-refractivity contribution in [2.45, 2.75) is 70.9 Å². The Morgan fingerprint density at radius 1 is 1.25 bits per heavy atom. The molecule has 2 unspecified atom stereocenters. The van der Waals surface area contributed by atoms with Crippen LogP contribution in [-0.2, 0) is 9.53 Å². The molecule has 0 aliphatic heterocycles. The largest absolute Gasteiger partial charge is 0.468 e. The topological polar surface area (TPSA) is 41.6 Å². The van der Waals surface area contributed by atoms with Gasteiger partial charge in [0, 0.05) is 6.04 Å². The number of carbonyl (C=O) groups excluding carboxylic acids is 1. The molecule has 1 fully saturated rings. The summed E-state index contributed by atoms with van der Waals surface area (Å²) in [5.41, 5.74) is -0.449. The number of nitrogens with zero attached hydrogens (tertiary/aromatic N) is 1. The van der Waals surface area contributed by atoms with Gasteiger partial charge in [0.1, 0.15) is 5.54 Å². The van der Waals surface area contributed by atoms with Gasteiger partial charge in [-0.1, -0.05) is 20.8 Å². The molecule has 1 rings (SSSR count). The van der Waals surface area contributed by atoms with E-state index in [1.807, 2.05) is 0 Å². The van der Waals surface area contributed by atoms with Crippen molar-refractivity contribution in [3.05, 3.63) is 0 Å². The monoisotopic (exact) mass is 284 g/mol. The lowest BCUT2D eigenvalue weighted by Gasteiger charge is -2.31. The van der Waals surface area contributed by atoms with E-state index in [1.54, 1.807) is 0 Å². The summed E-state index contributed by atoms with van der Waals surface area (Å²) in [6.45, 7) is 9.71. The van der Waals surface area contributed by atoms with Gasteiger partial charge in [0.25, 0.3) is 0 Å². The Labute approximate surface area is 124 Å². The molecule has 0 radical (unpaired) electrons. The smallest absolute Gasteiger partial charge is 0.326 e. The second-order valence-electron chi connectivity index (χ2n) is 5.93. The third-order valence-corrected chi connectivity index (χ3v) is 4.32. The van der Waals surface area contributed by atoms with Crippen LogP contribution in [-0.4, -0.2) is 49.2 Å². The minimum atomic E-state index is -0.449. The Bertz CT molecular complexity index is 290. The number of ether oxygens (including phenoxy) is 1. The zero-order valence-corrected chi connectivity index (χ0v) is 13.7. The summed E-state index contributed by atoms with van der Waals surface area (Å²) in [5, 5.41) is 3.46. The maximum atomic E-state index is 12.2. The molecule has 1 saturated carbocycles. The molecular formula is C16H32N2O2. The molecule has 1 aliphatic rings. The highest BCUT2D eigenvalue weighted by molar-refractivity contribution is 5.81. The van der Waals surface area contributed by atoms with E-state index >= 15 is 0 Å². The second-order valence-corrected chi connectivity index (χ2v) is 5.93. The van der Waals surface area contributed by atoms with Gasteiger partial charge in [-0.2, -0.15) is 0 Å². The van der Waals surface area contributed by atoms with Crippen LogP contribution in [0.5, 0.6) is 0 Å². The normalized spacial score (nSPS) is 26.1. The van der Waals surface area contributed by atoms with E-state index in [0.29, 0.717) is 6.04 Å².